The number of halogens is 1. The summed E-state index contributed by atoms with van der Waals surface area (Å²) in [7, 11) is 3.65. The Hall–Kier alpha value is -3.89. The minimum absolute atomic E-state index is 0.0423. The summed E-state index contributed by atoms with van der Waals surface area (Å²) in [6.45, 7) is 18.0. The second kappa shape index (κ2) is 23.1. The first-order valence-corrected chi connectivity index (χ1v) is 25.2. The Kier molecular flexibility index (Phi) is 18.8. The summed E-state index contributed by atoms with van der Waals surface area (Å²) in [4.78, 5) is 75.9. The maximum Gasteiger partial charge on any atom is 0.351 e. The number of aliphatic hydroxyl groups excluding tert-OH is 1. The molecule has 4 aliphatic heterocycles. The number of cyclic esters (lactones) is 1. The van der Waals surface area contributed by atoms with Crippen LogP contribution in [-0.2, 0) is 43.0 Å². The van der Waals surface area contributed by atoms with Crippen molar-refractivity contribution in [1.29, 1.82) is 0 Å². The summed E-state index contributed by atoms with van der Waals surface area (Å²) < 4.78 is 42.8. The first-order valence-electron chi connectivity index (χ1n) is 24.3. The van der Waals surface area contributed by atoms with Crippen molar-refractivity contribution in [2.24, 2.45) is 50.5 Å². The standard InChI is InChI=1S/C49H76FN7O11S/c1-14-36-49(11,63)33-17-16-32(56-65-23-34-25(3)18-31(21-52-34)44-54-37(24-69-44)53-43(61)30(8)51)22-64-47(9,20-26(4)39(28(33)6)55-38(58)15-2)42(29(7)41(60)48(10,50)46(62)67-36)68-45-40(59)35(57(12)13)19-27(5)66-45/h18,21,24-30,33-36,40,42,45,59,63H,14-17,19-20,22-23,51H2,1-13H3,(H,53,61)/b55-39?,56-32+/t25?,26-,27-,28-,29+,30?,33-,34?,35+,36-,40-,42-,45+,47-,48+,49+/m1/s1. The average Bonchev–Trinajstić information content (AvgIpc) is 3.75. The fourth-order valence-corrected chi connectivity index (χ4v) is 10.9. The summed E-state index contributed by atoms with van der Waals surface area (Å²) in [5, 5.41) is 34.1. The normalized spacial score (nSPS) is 39.0. The molecule has 2 bridgehead atoms. The van der Waals surface area contributed by atoms with Crippen molar-refractivity contribution in [2.45, 2.75) is 180 Å². The zero-order valence-electron chi connectivity index (χ0n) is 42.6. The number of hydrogen-bond donors (Lipinski definition) is 4. The number of ketones is 1. The second-order valence-corrected chi connectivity index (χ2v) is 21.2. The lowest BCUT2D eigenvalue weighted by molar-refractivity contribution is -0.296. The van der Waals surface area contributed by atoms with Crippen molar-refractivity contribution in [1.82, 2.24) is 9.88 Å². The highest BCUT2D eigenvalue weighted by Crippen LogP contribution is 2.43. The Morgan fingerprint density at radius 3 is 2.45 bits per heavy atom. The van der Waals surface area contributed by atoms with Crippen molar-refractivity contribution in [3.8, 4) is 0 Å². The Bertz CT molecular complexity index is 2130. The fourth-order valence-electron chi connectivity index (χ4n) is 10.2. The van der Waals surface area contributed by atoms with Gasteiger partial charge < -0.3 is 49.9 Å². The van der Waals surface area contributed by atoms with Gasteiger partial charge in [-0.05, 0) is 92.7 Å². The van der Waals surface area contributed by atoms with E-state index in [1.54, 1.807) is 39.3 Å². The molecular weight excluding hydrogens is 914 g/mol. The predicted octanol–water partition coefficient (Wildman–Crippen LogP) is 5.33. The van der Waals surface area contributed by atoms with Crippen LogP contribution in [0.1, 0.15) is 120 Å². The maximum absolute atomic E-state index is 17.1. The van der Waals surface area contributed by atoms with Gasteiger partial charge in [0.25, 0.3) is 5.67 Å². The number of aromatic nitrogens is 1. The third kappa shape index (κ3) is 13.0. The lowest BCUT2D eigenvalue weighted by atomic mass is 9.68. The van der Waals surface area contributed by atoms with Crippen LogP contribution in [0.2, 0.25) is 0 Å². The molecule has 20 heteroatoms. The van der Waals surface area contributed by atoms with Gasteiger partial charge in [0.2, 0.25) is 11.8 Å². The third-order valence-electron chi connectivity index (χ3n) is 14.4. The number of Topliss-reactive ketones (excluding diaryl/α,β-unsaturated/α-hetero) is 1. The molecule has 4 aliphatic rings. The zero-order valence-corrected chi connectivity index (χ0v) is 43.4. The molecule has 69 heavy (non-hydrogen) atoms. The molecule has 0 aromatic carbocycles. The molecule has 3 fully saturated rings. The van der Waals surface area contributed by atoms with E-state index in [1.807, 2.05) is 52.8 Å². The number of nitrogens with zero attached hydrogens (tertiary/aromatic N) is 5. The minimum atomic E-state index is -3.20. The van der Waals surface area contributed by atoms with Crippen LogP contribution in [0, 0.1) is 29.6 Å². The molecule has 0 spiro atoms. The van der Waals surface area contributed by atoms with E-state index in [-0.39, 0.29) is 75.2 Å². The maximum atomic E-state index is 17.1. The van der Waals surface area contributed by atoms with E-state index in [9.17, 15) is 29.4 Å². The molecule has 0 radical (unpaired) electrons. The van der Waals surface area contributed by atoms with E-state index < -0.39 is 89.0 Å². The van der Waals surface area contributed by atoms with Crippen molar-refractivity contribution in [3.05, 3.63) is 16.5 Å². The summed E-state index contributed by atoms with van der Waals surface area (Å²) in [5.41, 5.74) is 0.752. The molecule has 5 heterocycles. The Balaban J connectivity index is 1.59. The van der Waals surface area contributed by atoms with E-state index in [0.717, 1.165) is 12.5 Å². The average molecular weight is 990 g/mol. The van der Waals surface area contributed by atoms with Crippen LogP contribution in [0.5, 0.6) is 0 Å². The van der Waals surface area contributed by atoms with Gasteiger partial charge in [0.15, 0.2) is 12.1 Å². The molecule has 1 aromatic heterocycles. The largest absolute Gasteiger partial charge is 0.457 e. The number of rotatable bonds is 11. The molecule has 18 nitrogen and oxygen atoms in total. The van der Waals surface area contributed by atoms with Crippen LogP contribution in [0.25, 0.3) is 5.57 Å². The van der Waals surface area contributed by atoms with E-state index in [0.29, 0.717) is 28.7 Å². The highest BCUT2D eigenvalue weighted by atomic mass is 32.1. The van der Waals surface area contributed by atoms with Crippen molar-refractivity contribution in [2.75, 3.05) is 32.6 Å². The van der Waals surface area contributed by atoms with E-state index in [1.165, 1.54) is 25.2 Å². The van der Waals surface area contributed by atoms with Crippen LogP contribution in [0.15, 0.2) is 26.6 Å². The molecule has 0 aliphatic carbocycles. The molecule has 16 atom stereocenters. The number of nitrogens with two attached hydrogens (primary N) is 1. The van der Waals surface area contributed by atoms with Gasteiger partial charge >= 0.3 is 5.97 Å². The quantitative estimate of drug-likeness (QED) is 0.124. The monoisotopic (exact) mass is 990 g/mol. The lowest BCUT2D eigenvalue weighted by Crippen LogP contribution is -2.61. The van der Waals surface area contributed by atoms with Gasteiger partial charge in [-0.25, -0.2) is 19.2 Å². The number of allylic oxidation sites excluding steroid dienone is 1. The number of ether oxygens (including phenoxy) is 4. The van der Waals surface area contributed by atoms with Gasteiger partial charge in [-0.2, -0.15) is 0 Å². The molecule has 386 valence electrons. The molecule has 5 N–H and O–H groups in total. The van der Waals surface area contributed by atoms with Crippen molar-refractivity contribution < 1.29 is 57.6 Å². The molecule has 2 amide bonds. The van der Waals surface area contributed by atoms with Crippen LogP contribution in [0.3, 0.4) is 0 Å². The highest BCUT2D eigenvalue weighted by molar-refractivity contribution is 7.11. The first-order chi connectivity index (χ1) is 32.2. The second-order valence-electron chi connectivity index (χ2n) is 20.3. The number of esters is 1. The van der Waals surface area contributed by atoms with Gasteiger partial charge in [0, 0.05) is 53.1 Å². The molecule has 3 saturated heterocycles. The van der Waals surface area contributed by atoms with E-state index in [2.05, 4.69) is 20.4 Å². The third-order valence-corrected chi connectivity index (χ3v) is 15.3. The van der Waals surface area contributed by atoms with Crippen LogP contribution in [0.4, 0.5) is 10.2 Å². The Morgan fingerprint density at radius 1 is 1.13 bits per heavy atom. The summed E-state index contributed by atoms with van der Waals surface area (Å²) in [6.07, 6.45) is -0.798. The number of likely N-dealkylation sites (N-methyl/N-ethyl adjacent to an activating group) is 1. The van der Waals surface area contributed by atoms with Crippen molar-refractivity contribution in [3.63, 3.8) is 0 Å². The topological polar surface area (TPSA) is 246 Å². The predicted molar refractivity (Wildman–Crippen MR) is 262 cm³/mol. The molecule has 5 rings (SSSR count). The van der Waals surface area contributed by atoms with Crippen LogP contribution < -0.4 is 11.1 Å². The SMILES string of the molecule is CCC(=O)N=C1[C@H](C)C[C@@]2(C)OC/C(=N/OCC3N=CC(c4nc(NC(=O)C(C)N)cs4)=CC3C)CC[C@H]([C@H]1C)[C@](C)(O)[C@@H](CC)OC(=O)[C@@](C)(F)C(=O)[C@H](C)[C@H]2O[C@@H]1O[C@H](C)C[C@H](N(C)C)[C@H]1O. The number of amides is 2. The van der Waals surface area contributed by atoms with E-state index >= 15 is 4.39 Å². The summed E-state index contributed by atoms with van der Waals surface area (Å²) in [5.74, 6) is -6.47. The zero-order chi connectivity index (χ0) is 51.3. The minimum Gasteiger partial charge on any atom is -0.457 e. The number of fused-ring (bicyclic) bond motifs is 5. The summed E-state index contributed by atoms with van der Waals surface area (Å²) in [6, 6.07) is -1.44. The fraction of sp³-hybridized carbons (Fsp3) is 0.755. The Morgan fingerprint density at radius 2 is 1.83 bits per heavy atom. The number of anilines is 1. The van der Waals surface area contributed by atoms with Crippen LogP contribution >= 0.6 is 11.3 Å². The first kappa shape index (κ1) is 56.0. The number of alkyl halides is 1. The van der Waals surface area contributed by atoms with Gasteiger partial charge in [-0.3, -0.25) is 19.4 Å². The van der Waals surface area contributed by atoms with Gasteiger partial charge in [0.1, 0.15) is 35.2 Å². The van der Waals surface area contributed by atoms with Crippen LogP contribution in [-0.4, -0.2) is 154 Å². The smallest absolute Gasteiger partial charge is 0.351 e. The number of carbonyl (C=O) groups excluding carboxylic acids is 4. The van der Waals surface area contributed by atoms with Gasteiger partial charge in [-0.15, -0.1) is 11.3 Å². The van der Waals surface area contributed by atoms with Gasteiger partial charge in [0.05, 0.1) is 42.2 Å². The Labute approximate surface area is 410 Å². The lowest BCUT2D eigenvalue weighted by Gasteiger charge is -2.48. The number of nitrogens with one attached hydrogen (secondary N) is 1. The number of oxime groups is 1. The van der Waals surface area contributed by atoms with E-state index in [4.69, 9.17) is 34.5 Å². The molecule has 0 saturated carbocycles. The molecular formula is C49H76FN7O11S. The summed E-state index contributed by atoms with van der Waals surface area (Å²) >= 11 is 1.36. The molecule has 1 aromatic rings. The number of aliphatic imine (C=N–C) groups is 2. The highest BCUT2D eigenvalue weighted by Gasteiger charge is 2.56. The number of hydrogen-bond acceptors (Lipinski definition) is 17. The number of aliphatic hydroxyl groups is 2. The number of carbonyl (C=O) groups is 4. The number of thiazole rings is 1. The number of dihydropyridines is 1. The molecule has 3 unspecified atom stereocenters. The van der Waals surface area contributed by atoms with Gasteiger partial charge in [-0.1, -0.05) is 52.8 Å². The van der Waals surface area contributed by atoms with Crippen molar-refractivity contribution >= 4 is 63.9 Å².